The minimum absolute atomic E-state index is 0.0517. The van der Waals surface area contributed by atoms with Gasteiger partial charge in [-0.25, -0.2) is 8.78 Å². The molecule has 1 unspecified atom stereocenters. The van der Waals surface area contributed by atoms with E-state index in [2.05, 4.69) is 5.32 Å². The normalized spacial score (nSPS) is 21.5. The molecule has 0 aromatic heterocycles. The lowest BCUT2D eigenvalue weighted by Gasteiger charge is -2.39. The number of hydrogen-bond donors (Lipinski definition) is 1. The first-order valence-corrected chi connectivity index (χ1v) is 8.29. The number of fused-ring (bicyclic) bond motifs is 1. The highest BCUT2D eigenvalue weighted by molar-refractivity contribution is 6.31. The van der Waals surface area contributed by atoms with Crippen LogP contribution in [-0.4, -0.2) is 37.0 Å². The summed E-state index contributed by atoms with van der Waals surface area (Å²) in [5, 5.41) is 5.80. The lowest BCUT2D eigenvalue weighted by atomic mass is 10.1. The van der Waals surface area contributed by atoms with Gasteiger partial charge in [-0.05, 0) is 30.3 Å². The highest BCUT2D eigenvalue weighted by atomic mass is 19.1. The zero-order valence-corrected chi connectivity index (χ0v) is 13.9. The first-order chi connectivity index (χ1) is 12.6. The fourth-order valence-electron chi connectivity index (χ4n) is 3.10. The van der Waals surface area contributed by atoms with Gasteiger partial charge in [0.25, 0.3) is 5.91 Å². The Hall–Kier alpha value is -2.77. The van der Waals surface area contributed by atoms with E-state index < -0.39 is 12.1 Å². The number of ether oxygens (including phenoxy) is 1. The second kappa shape index (κ2) is 6.86. The number of alkyl halides is 1. The average Bonchev–Trinajstić information content (AvgIpc) is 2.96. The molecule has 1 saturated heterocycles. The molecule has 0 radical (unpaired) electrons. The quantitative estimate of drug-likeness (QED) is 0.677. The lowest BCUT2D eigenvalue weighted by Crippen LogP contribution is -2.51. The Bertz CT molecular complexity index is 857. The van der Waals surface area contributed by atoms with Crippen LogP contribution >= 0.6 is 0 Å². The molecule has 5 nitrogen and oxygen atoms in total. The molecule has 1 atom stereocenters. The van der Waals surface area contributed by atoms with Crippen molar-refractivity contribution in [2.24, 2.45) is 0 Å². The molecule has 26 heavy (non-hydrogen) atoms. The van der Waals surface area contributed by atoms with Gasteiger partial charge in [-0.3, -0.25) is 9.80 Å². The third-order valence-electron chi connectivity index (χ3n) is 4.36. The third-order valence-corrected chi connectivity index (χ3v) is 4.36. The molecule has 2 aliphatic heterocycles. The van der Waals surface area contributed by atoms with Crippen LogP contribution in [-0.2, 0) is 9.53 Å². The fraction of sp³-hybridized carbons (Fsp3) is 0.211. The van der Waals surface area contributed by atoms with Gasteiger partial charge < -0.3 is 10.1 Å². The second-order valence-corrected chi connectivity index (χ2v) is 6.04. The molecule has 2 heterocycles. The zero-order chi connectivity index (χ0) is 18.1. The van der Waals surface area contributed by atoms with Gasteiger partial charge in [0.15, 0.2) is 6.30 Å². The SMILES string of the molecule is O=C1Nc2ccc(F)cc2C1=CN(c1ccccc1)N1CCOCC1F. The van der Waals surface area contributed by atoms with E-state index in [1.165, 1.54) is 23.2 Å². The van der Waals surface area contributed by atoms with Crippen molar-refractivity contribution in [2.45, 2.75) is 6.30 Å². The Morgan fingerprint density at radius 1 is 1.23 bits per heavy atom. The molecule has 7 heteroatoms. The summed E-state index contributed by atoms with van der Waals surface area (Å²) in [6, 6.07) is 13.3. The molecule has 1 fully saturated rings. The number of halogens is 2. The number of carbonyl (C=O) groups excluding carboxylic acids is 1. The van der Waals surface area contributed by atoms with E-state index >= 15 is 0 Å². The van der Waals surface area contributed by atoms with E-state index in [1.807, 2.05) is 30.3 Å². The monoisotopic (exact) mass is 357 g/mol. The van der Waals surface area contributed by atoms with Crippen molar-refractivity contribution in [3.63, 3.8) is 0 Å². The van der Waals surface area contributed by atoms with E-state index in [-0.39, 0.29) is 18.1 Å². The number of rotatable bonds is 3. The summed E-state index contributed by atoms with van der Waals surface area (Å²) < 4.78 is 33.3. The van der Waals surface area contributed by atoms with Crippen LogP contribution in [0.3, 0.4) is 0 Å². The van der Waals surface area contributed by atoms with Gasteiger partial charge in [0.1, 0.15) is 5.82 Å². The maximum absolute atomic E-state index is 14.5. The average molecular weight is 357 g/mol. The largest absolute Gasteiger partial charge is 0.376 e. The summed E-state index contributed by atoms with van der Waals surface area (Å²) in [6.45, 7) is 0.658. The molecular weight excluding hydrogens is 340 g/mol. The second-order valence-electron chi connectivity index (χ2n) is 6.04. The molecule has 0 saturated carbocycles. The molecule has 2 aromatic carbocycles. The van der Waals surface area contributed by atoms with E-state index in [1.54, 1.807) is 11.2 Å². The molecule has 2 aliphatic rings. The number of para-hydroxylation sites is 1. The van der Waals surface area contributed by atoms with Crippen LogP contribution in [0.4, 0.5) is 20.2 Å². The summed E-state index contributed by atoms with van der Waals surface area (Å²) in [6.07, 6.45) is 0.200. The number of nitrogens with one attached hydrogen (secondary N) is 1. The van der Waals surface area contributed by atoms with Crippen LogP contribution in [0.25, 0.3) is 5.57 Å². The molecule has 134 valence electrons. The predicted octanol–water partition coefficient (Wildman–Crippen LogP) is 3.17. The molecule has 0 bridgehead atoms. The van der Waals surface area contributed by atoms with Gasteiger partial charge in [0.2, 0.25) is 0 Å². The maximum atomic E-state index is 14.5. The summed E-state index contributed by atoms with van der Waals surface area (Å²) in [4.78, 5) is 12.4. The number of anilines is 2. The highest BCUT2D eigenvalue weighted by Gasteiger charge is 2.31. The minimum atomic E-state index is -1.35. The number of hydrogen-bond acceptors (Lipinski definition) is 4. The molecule has 4 rings (SSSR count). The molecular formula is C19H17F2N3O2. The van der Waals surface area contributed by atoms with Crippen molar-refractivity contribution in [1.82, 2.24) is 5.01 Å². The van der Waals surface area contributed by atoms with Crippen molar-refractivity contribution < 1.29 is 18.3 Å². The summed E-state index contributed by atoms with van der Waals surface area (Å²) in [5.41, 5.74) is 1.97. The van der Waals surface area contributed by atoms with Crippen LogP contribution in [0.5, 0.6) is 0 Å². The van der Waals surface area contributed by atoms with Gasteiger partial charge in [-0.15, -0.1) is 0 Å². The van der Waals surface area contributed by atoms with Gasteiger partial charge >= 0.3 is 0 Å². The van der Waals surface area contributed by atoms with Gasteiger partial charge in [0, 0.05) is 24.0 Å². The van der Waals surface area contributed by atoms with Crippen LogP contribution in [0.15, 0.2) is 54.7 Å². The van der Waals surface area contributed by atoms with E-state index in [9.17, 15) is 13.6 Å². The standard InChI is InChI=1S/C19H17F2N3O2/c20-13-6-7-17-15(10-13)16(19(25)22-17)11-24(14-4-2-1-3-5-14)23-8-9-26-12-18(23)21/h1-7,10-11,18H,8-9,12H2,(H,22,25). The Kier molecular flexibility index (Phi) is 4.40. The van der Waals surface area contributed by atoms with Crippen molar-refractivity contribution in [3.8, 4) is 0 Å². The van der Waals surface area contributed by atoms with Crippen LogP contribution in [0, 0.1) is 5.82 Å². The lowest BCUT2D eigenvalue weighted by molar-refractivity contribution is -0.110. The number of carbonyl (C=O) groups is 1. The minimum Gasteiger partial charge on any atom is -0.376 e. The summed E-state index contributed by atoms with van der Waals surface area (Å²) in [5.74, 6) is -0.789. The summed E-state index contributed by atoms with van der Waals surface area (Å²) in [7, 11) is 0. The van der Waals surface area contributed by atoms with E-state index in [0.717, 1.165) is 0 Å². The fourth-order valence-corrected chi connectivity index (χ4v) is 3.10. The predicted molar refractivity (Wildman–Crippen MR) is 94.3 cm³/mol. The van der Waals surface area contributed by atoms with Gasteiger partial charge in [0.05, 0.1) is 24.5 Å². The first-order valence-electron chi connectivity index (χ1n) is 8.29. The van der Waals surface area contributed by atoms with Gasteiger partial charge in [-0.1, -0.05) is 18.2 Å². The number of morpholine rings is 1. The van der Waals surface area contributed by atoms with Crippen molar-refractivity contribution in [1.29, 1.82) is 0 Å². The van der Waals surface area contributed by atoms with E-state index in [4.69, 9.17) is 4.74 Å². The highest BCUT2D eigenvalue weighted by Crippen LogP contribution is 2.34. The maximum Gasteiger partial charge on any atom is 0.257 e. The molecule has 0 aliphatic carbocycles. The number of amides is 1. The Morgan fingerprint density at radius 3 is 2.81 bits per heavy atom. The molecule has 1 amide bonds. The Balaban J connectivity index is 1.79. The third kappa shape index (κ3) is 3.07. The topological polar surface area (TPSA) is 44.8 Å². The number of benzene rings is 2. The smallest absolute Gasteiger partial charge is 0.257 e. The molecule has 1 N–H and O–H groups in total. The van der Waals surface area contributed by atoms with Crippen molar-refractivity contribution in [2.75, 3.05) is 30.1 Å². The van der Waals surface area contributed by atoms with Crippen molar-refractivity contribution >= 4 is 22.9 Å². The first kappa shape index (κ1) is 16.7. The van der Waals surface area contributed by atoms with Crippen LogP contribution < -0.4 is 10.3 Å². The van der Waals surface area contributed by atoms with Gasteiger partial charge in [-0.2, -0.15) is 5.01 Å². The van der Waals surface area contributed by atoms with Crippen LogP contribution in [0.2, 0.25) is 0 Å². The number of hydrazine groups is 1. The zero-order valence-electron chi connectivity index (χ0n) is 13.9. The van der Waals surface area contributed by atoms with E-state index in [0.29, 0.717) is 30.1 Å². The molecule has 0 spiro atoms. The molecule has 2 aromatic rings. The Labute approximate surface area is 149 Å². The number of nitrogens with zero attached hydrogens (tertiary/aromatic N) is 2. The summed E-state index contributed by atoms with van der Waals surface area (Å²) >= 11 is 0. The Morgan fingerprint density at radius 2 is 2.04 bits per heavy atom. The van der Waals surface area contributed by atoms with Crippen LogP contribution in [0.1, 0.15) is 5.56 Å². The van der Waals surface area contributed by atoms with Crippen molar-refractivity contribution in [3.05, 3.63) is 66.1 Å².